The zero-order valence-corrected chi connectivity index (χ0v) is 20.5. The molecule has 0 bridgehead atoms. The van der Waals surface area contributed by atoms with Crippen molar-refractivity contribution in [2.45, 2.75) is 63.9 Å². The Kier molecular flexibility index (Phi) is 6.66. The second-order valence-electron chi connectivity index (χ2n) is 9.65. The molecule has 5 rings (SSSR count). The van der Waals surface area contributed by atoms with Crippen LogP contribution in [0.25, 0.3) is 11.0 Å². The van der Waals surface area contributed by atoms with E-state index in [1.807, 2.05) is 43.3 Å². The molecule has 0 unspecified atom stereocenters. The van der Waals surface area contributed by atoms with Crippen molar-refractivity contribution in [2.75, 3.05) is 13.7 Å². The van der Waals surface area contributed by atoms with Crippen molar-refractivity contribution >= 4 is 17.0 Å². The maximum absolute atomic E-state index is 12.2. The maximum atomic E-state index is 12.2. The van der Waals surface area contributed by atoms with E-state index in [9.17, 15) is 4.79 Å². The minimum Gasteiger partial charge on any atom is -0.497 e. The molecule has 7 nitrogen and oxygen atoms in total. The summed E-state index contributed by atoms with van der Waals surface area (Å²) in [5, 5.41) is 8.04. The van der Waals surface area contributed by atoms with Crippen LogP contribution in [0.15, 0.2) is 52.0 Å². The van der Waals surface area contributed by atoms with Crippen LogP contribution in [-0.2, 0) is 12.8 Å². The first-order chi connectivity index (χ1) is 17.0. The van der Waals surface area contributed by atoms with Gasteiger partial charge in [0.1, 0.15) is 22.7 Å². The number of methoxy groups -OCH3 is 1. The second kappa shape index (κ2) is 10.0. The van der Waals surface area contributed by atoms with Gasteiger partial charge in [-0.2, -0.15) is 0 Å². The van der Waals surface area contributed by atoms with Crippen molar-refractivity contribution in [1.29, 1.82) is 0 Å². The predicted octanol–water partition coefficient (Wildman–Crippen LogP) is 5.14. The summed E-state index contributed by atoms with van der Waals surface area (Å²) >= 11 is 0. The standard InChI is InChI=1S/C28H33N3O4/c1-19-16-26(30-31-27(32)29-15-11-20-6-8-22(33-2)9-7-20)34-25-18-24-21(17-23(19)25)10-14-28(35-24)12-4-3-5-13-28/h6-9,16-18H,3-5,10-15H2,1-2H3,(H2,29,31,32)/b30-26+. The lowest BCUT2D eigenvalue weighted by atomic mass is 9.79. The van der Waals surface area contributed by atoms with Crippen LogP contribution in [0.3, 0.4) is 0 Å². The number of amides is 2. The second-order valence-corrected chi connectivity index (χ2v) is 9.65. The minimum atomic E-state index is -0.375. The van der Waals surface area contributed by atoms with Crippen LogP contribution < -0.4 is 25.8 Å². The van der Waals surface area contributed by atoms with Crippen LogP contribution in [-0.4, -0.2) is 25.3 Å². The van der Waals surface area contributed by atoms with Crippen LogP contribution in [0.2, 0.25) is 0 Å². The summed E-state index contributed by atoms with van der Waals surface area (Å²) in [6, 6.07) is 13.4. The first-order valence-electron chi connectivity index (χ1n) is 12.5. The molecular weight excluding hydrogens is 442 g/mol. The molecule has 1 aliphatic carbocycles. The molecule has 2 heterocycles. The van der Waals surface area contributed by atoms with Gasteiger partial charge in [-0.25, -0.2) is 10.2 Å². The lowest BCUT2D eigenvalue weighted by Crippen LogP contribution is -2.41. The van der Waals surface area contributed by atoms with E-state index in [1.54, 1.807) is 7.11 Å². The fraction of sp³-hybridized carbons (Fsp3) is 0.429. The highest BCUT2D eigenvalue weighted by atomic mass is 16.5. The number of fused-ring (bicyclic) bond motifs is 2. The number of benzene rings is 2. The van der Waals surface area contributed by atoms with Gasteiger partial charge in [-0.3, -0.25) is 0 Å². The summed E-state index contributed by atoms with van der Waals surface area (Å²) in [6.07, 6.45) is 8.88. The van der Waals surface area contributed by atoms with Gasteiger partial charge in [-0.1, -0.05) is 18.6 Å². The summed E-state index contributed by atoms with van der Waals surface area (Å²) in [5.74, 6) is 1.74. The number of aryl methyl sites for hydroxylation is 2. The van der Waals surface area contributed by atoms with Gasteiger partial charge in [0.25, 0.3) is 0 Å². The fourth-order valence-corrected chi connectivity index (χ4v) is 5.20. The van der Waals surface area contributed by atoms with Crippen LogP contribution >= 0.6 is 0 Å². The molecule has 0 saturated heterocycles. The van der Waals surface area contributed by atoms with Crippen LogP contribution in [0, 0.1) is 6.92 Å². The molecule has 0 radical (unpaired) electrons. The summed E-state index contributed by atoms with van der Waals surface area (Å²) in [4.78, 5) is 12.2. The molecular formula is C28H33N3O4. The molecule has 0 atom stereocenters. The molecule has 2 aromatic carbocycles. The van der Waals surface area contributed by atoms with Crippen molar-refractivity contribution in [3.63, 3.8) is 0 Å². The molecule has 1 spiro atoms. The zero-order valence-electron chi connectivity index (χ0n) is 20.5. The van der Waals surface area contributed by atoms with Crippen molar-refractivity contribution in [2.24, 2.45) is 5.10 Å². The lowest BCUT2D eigenvalue weighted by Gasteiger charge is -2.41. The molecule has 2 amide bonds. The van der Waals surface area contributed by atoms with E-state index < -0.39 is 0 Å². The number of carbonyl (C=O) groups is 1. The van der Waals surface area contributed by atoms with Gasteiger partial charge in [-0.15, -0.1) is 5.10 Å². The van der Waals surface area contributed by atoms with Crippen LogP contribution in [0.1, 0.15) is 55.2 Å². The van der Waals surface area contributed by atoms with Crippen molar-refractivity contribution in [3.8, 4) is 11.5 Å². The number of urea groups is 1. The molecule has 1 fully saturated rings. The maximum Gasteiger partial charge on any atom is 0.335 e. The first-order valence-corrected chi connectivity index (χ1v) is 12.5. The third-order valence-corrected chi connectivity index (χ3v) is 7.21. The van der Waals surface area contributed by atoms with Gasteiger partial charge in [0.05, 0.1) is 7.11 Å². The molecule has 7 heteroatoms. The number of hydrogen-bond acceptors (Lipinski definition) is 5. The van der Waals surface area contributed by atoms with E-state index >= 15 is 0 Å². The summed E-state index contributed by atoms with van der Waals surface area (Å²) in [6.45, 7) is 2.53. The Morgan fingerprint density at radius 3 is 2.66 bits per heavy atom. The zero-order chi connectivity index (χ0) is 24.3. The van der Waals surface area contributed by atoms with E-state index in [0.29, 0.717) is 18.5 Å². The Labute approximate surface area is 205 Å². The van der Waals surface area contributed by atoms with Gasteiger partial charge in [0.15, 0.2) is 0 Å². The Bertz CT molecular complexity index is 1270. The highest BCUT2D eigenvalue weighted by molar-refractivity contribution is 5.82. The van der Waals surface area contributed by atoms with Crippen molar-refractivity contribution in [3.05, 3.63) is 64.7 Å². The fourth-order valence-electron chi connectivity index (χ4n) is 5.20. The van der Waals surface area contributed by atoms with Gasteiger partial charge >= 0.3 is 6.03 Å². The Morgan fingerprint density at radius 1 is 1.09 bits per heavy atom. The molecule has 1 aliphatic heterocycles. The largest absolute Gasteiger partial charge is 0.497 e. The third kappa shape index (κ3) is 5.29. The number of rotatable bonds is 5. The van der Waals surface area contributed by atoms with Gasteiger partial charge in [-0.05, 0) is 86.8 Å². The van der Waals surface area contributed by atoms with E-state index in [4.69, 9.17) is 13.9 Å². The Hall–Kier alpha value is -3.48. The predicted molar refractivity (Wildman–Crippen MR) is 135 cm³/mol. The normalized spacial score (nSPS) is 17.0. The number of hydrogen-bond donors (Lipinski definition) is 2. The van der Waals surface area contributed by atoms with Crippen molar-refractivity contribution < 1.29 is 18.7 Å². The van der Waals surface area contributed by atoms with Crippen molar-refractivity contribution in [1.82, 2.24) is 10.7 Å². The highest BCUT2D eigenvalue weighted by Gasteiger charge is 2.37. The molecule has 35 heavy (non-hydrogen) atoms. The van der Waals surface area contributed by atoms with E-state index in [2.05, 4.69) is 21.9 Å². The molecule has 1 aromatic heterocycles. The number of nitrogens with one attached hydrogen (secondary N) is 2. The molecule has 1 saturated carbocycles. The number of nitrogens with zero attached hydrogens (tertiary/aromatic N) is 1. The quantitative estimate of drug-likeness (QED) is 0.501. The van der Waals surface area contributed by atoms with Crippen LogP contribution in [0.4, 0.5) is 4.79 Å². The Balaban J connectivity index is 1.25. The van der Waals surface area contributed by atoms with Crippen LogP contribution in [0.5, 0.6) is 11.5 Å². The van der Waals surface area contributed by atoms with E-state index in [1.165, 1.54) is 24.8 Å². The molecule has 3 aromatic rings. The van der Waals surface area contributed by atoms with E-state index in [-0.39, 0.29) is 11.6 Å². The SMILES string of the molecule is COc1ccc(CCNC(=O)N/N=c2\cc(C)c3cc4c(cc3o2)OC2(CCCCC2)CC4)cc1. The number of carbonyl (C=O) groups excluding carboxylic acids is 1. The van der Waals surface area contributed by atoms with E-state index in [0.717, 1.165) is 59.3 Å². The smallest absolute Gasteiger partial charge is 0.335 e. The molecule has 2 aliphatic rings. The minimum absolute atomic E-state index is 0.0125. The molecule has 184 valence electrons. The average Bonchev–Trinajstić information content (AvgIpc) is 2.87. The van der Waals surface area contributed by atoms with Gasteiger partial charge < -0.3 is 19.2 Å². The monoisotopic (exact) mass is 475 g/mol. The van der Waals surface area contributed by atoms with Gasteiger partial charge in [0, 0.05) is 24.1 Å². The summed E-state index contributed by atoms with van der Waals surface area (Å²) in [5.41, 5.74) is 7.00. The lowest BCUT2D eigenvalue weighted by molar-refractivity contribution is 0.0109. The average molecular weight is 476 g/mol. The number of ether oxygens (including phenoxy) is 2. The highest BCUT2D eigenvalue weighted by Crippen LogP contribution is 2.43. The topological polar surface area (TPSA) is 85.1 Å². The summed E-state index contributed by atoms with van der Waals surface area (Å²) < 4.78 is 17.8. The third-order valence-electron chi connectivity index (χ3n) is 7.21. The Morgan fingerprint density at radius 2 is 1.89 bits per heavy atom. The molecule has 2 N–H and O–H groups in total. The summed E-state index contributed by atoms with van der Waals surface area (Å²) in [7, 11) is 1.64. The van der Waals surface area contributed by atoms with Gasteiger partial charge in [0.2, 0.25) is 5.55 Å². The first kappa shape index (κ1) is 23.3.